The first kappa shape index (κ1) is 22.2. The van der Waals surface area contributed by atoms with Crippen LogP contribution in [0.1, 0.15) is 27.2 Å². The van der Waals surface area contributed by atoms with Crippen LogP contribution in [0, 0.1) is 0 Å². The van der Waals surface area contributed by atoms with E-state index in [-0.39, 0.29) is 12.5 Å². The lowest BCUT2D eigenvalue weighted by Crippen LogP contribution is -2.31. The maximum atomic E-state index is 13.0. The molecule has 3 aromatic rings. The molecule has 0 atom stereocenters. The molecule has 0 aliphatic rings. The fraction of sp³-hybridized carbons (Fsp3) is 0.208. The largest absolute Gasteiger partial charge is 0.497 e. The zero-order valence-electron chi connectivity index (χ0n) is 17.1. The lowest BCUT2D eigenvalue weighted by atomic mass is 10.1. The van der Waals surface area contributed by atoms with E-state index in [2.05, 4.69) is 6.58 Å². The Labute approximate surface area is 179 Å². The second-order valence-corrected chi connectivity index (χ2v) is 7.03. The maximum Gasteiger partial charge on any atom is 0.416 e. The number of methoxy groups -OCH3 is 1. The monoisotopic (exact) mass is 428 g/mol. The third-order valence-electron chi connectivity index (χ3n) is 4.86. The van der Waals surface area contributed by atoms with Crippen molar-refractivity contribution in [1.82, 2.24) is 9.47 Å². The van der Waals surface area contributed by atoms with E-state index in [4.69, 9.17) is 4.74 Å². The van der Waals surface area contributed by atoms with Gasteiger partial charge in [-0.05, 0) is 54.1 Å². The van der Waals surface area contributed by atoms with Crippen LogP contribution in [0.4, 0.5) is 13.2 Å². The van der Waals surface area contributed by atoms with Gasteiger partial charge in [0.2, 0.25) is 0 Å². The summed E-state index contributed by atoms with van der Waals surface area (Å²) in [6.07, 6.45) is -0.956. The third kappa shape index (κ3) is 5.57. The summed E-state index contributed by atoms with van der Waals surface area (Å²) in [5.41, 5.74) is 1.17. The first-order valence-electron chi connectivity index (χ1n) is 9.66. The number of alkyl halides is 3. The predicted molar refractivity (Wildman–Crippen MR) is 113 cm³/mol. The number of hydrogen-bond acceptors (Lipinski definition) is 2. The molecule has 4 nitrogen and oxygen atoms in total. The van der Waals surface area contributed by atoms with E-state index in [1.807, 2.05) is 16.7 Å². The van der Waals surface area contributed by atoms with Crippen molar-refractivity contribution in [3.05, 3.63) is 102 Å². The van der Waals surface area contributed by atoms with Gasteiger partial charge in [-0.15, -0.1) is 6.58 Å². The van der Waals surface area contributed by atoms with E-state index >= 15 is 0 Å². The summed E-state index contributed by atoms with van der Waals surface area (Å²) < 4.78 is 46.0. The normalized spacial score (nSPS) is 11.2. The molecule has 0 saturated heterocycles. The van der Waals surface area contributed by atoms with Crippen LogP contribution in [0.15, 0.2) is 79.5 Å². The highest BCUT2D eigenvalue weighted by atomic mass is 19.4. The number of hydrogen-bond donors (Lipinski definition) is 0. The Hall–Kier alpha value is -3.48. The molecule has 1 aromatic heterocycles. The van der Waals surface area contributed by atoms with Gasteiger partial charge in [-0.25, -0.2) is 0 Å². The molecular formula is C24H23F3N2O2. The van der Waals surface area contributed by atoms with Crippen LogP contribution in [0.5, 0.6) is 5.75 Å². The maximum absolute atomic E-state index is 13.0. The van der Waals surface area contributed by atoms with Gasteiger partial charge in [0, 0.05) is 30.5 Å². The quantitative estimate of drug-likeness (QED) is 0.451. The minimum absolute atomic E-state index is 0.172. The molecule has 1 amide bonds. The van der Waals surface area contributed by atoms with Gasteiger partial charge in [0.15, 0.2) is 0 Å². The van der Waals surface area contributed by atoms with Crippen LogP contribution in [0.3, 0.4) is 0 Å². The molecule has 0 spiro atoms. The van der Waals surface area contributed by atoms with E-state index in [9.17, 15) is 18.0 Å². The lowest BCUT2D eigenvalue weighted by molar-refractivity contribution is -0.137. The van der Waals surface area contributed by atoms with Crippen LogP contribution in [0.25, 0.3) is 0 Å². The summed E-state index contributed by atoms with van der Waals surface area (Å²) in [5.74, 6) is 0.483. The van der Waals surface area contributed by atoms with Crippen molar-refractivity contribution in [2.75, 3.05) is 13.7 Å². The number of nitrogens with zero attached hydrogens (tertiary/aromatic N) is 2. The Morgan fingerprint density at radius 2 is 1.87 bits per heavy atom. The van der Waals surface area contributed by atoms with Gasteiger partial charge in [0.25, 0.3) is 5.91 Å². The number of carbonyl (C=O) groups excluding carboxylic acids is 1. The SMILES string of the molecule is C=CCN(Cc1cccn1Cc1cccc(C(F)(F)F)c1)C(=O)c1ccc(OC)cc1. The van der Waals surface area contributed by atoms with Crippen LogP contribution in [0.2, 0.25) is 0 Å². The number of ether oxygens (including phenoxy) is 1. The summed E-state index contributed by atoms with van der Waals surface area (Å²) in [4.78, 5) is 14.6. The molecule has 2 aromatic carbocycles. The third-order valence-corrected chi connectivity index (χ3v) is 4.86. The molecule has 0 aliphatic carbocycles. The van der Waals surface area contributed by atoms with E-state index in [0.29, 0.717) is 30.0 Å². The number of aromatic nitrogens is 1. The Kier molecular flexibility index (Phi) is 6.84. The molecule has 0 aliphatic heterocycles. The number of halogens is 3. The molecule has 31 heavy (non-hydrogen) atoms. The van der Waals surface area contributed by atoms with E-state index in [1.165, 1.54) is 6.07 Å². The van der Waals surface area contributed by atoms with Crippen molar-refractivity contribution >= 4 is 5.91 Å². The summed E-state index contributed by atoms with van der Waals surface area (Å²) in [6.45, 7) is 4.63. The van der Waals surface area contributed by atoms with Crippen LogP contribution < -0.4 is 4.74 Å². The average Bonchev–Trinajstić information content (AvgIpc) is 3.19. The minimum atomic E-state index is -4.39. The zero-order chi connectivity index (χ0) is 22.4. The van der Waals surface area contributed by atoms with E-state index < -0.39 is 11.7 Å². The molecule has 0 fully saturated rings. The lowest BCUT2D eigenvalue weighted by Gasteiger charge is -2.22. The molecule has 1 heterocycles. The minimum Gasteiger partial charge on any atom is -0.497 e. The van der Waals surface area contributed by atoms with Crippen molar-refractivity contribution < 1.29 is 22.7 Å². The van der Waals surface area contributed by atoms with Gasteiger partial charge in [-0.3, -0.25) is 4.79 Å². The Balaban J connectivity index is 1.79. The van der Waals surface area contributed by atoms with Crippen molar-refractivity contribution in [3.8, 4) is 5.75 Å². The second kappa shape index (κ2) is 9.55. The number of amides is 1. The van der Waals surface area contributed by atoms with Gasteiger partial charge >= 0.3 is 6.18 Å². The van der Waals surface area contributed by atoms with Crippen molar-refractivity contribution in [2.45, 2.75) is 19.3 Å². The fourth-order valence-corrected chi connectivity index (χ4v) is 3.28. The number of rotatable bonds is 8. The van der Waals surface area contributed by atoms with Crippen LogP contribution in [-0.4, -0.2) is 29.0 Å². The number of carbonyl (C=O) groups is 1. The Morgan fingerprint density at radius 1 is 1.13 bits per heavy atom. The summed E-state index contributed by atoms with van der Waals surface area (Å²) >= 11 is 0. The van der Waals surface area contributed by atoms with Gasteiger partial charge in [0.1, 0.15) is 5.75 Å². The highest BCUT2D eigenvalue weighted by Crippen LogP contribution is 2.29. The first-order chi connectivity index (χ1) is 14.8. The van der Waals surface area contributed by atoms with E-state index in [0.717, 1.165) is 17.8 Å². The van der Waals surface area contributed by atoms with Crippen LogP contribution in [-0.2, 0) is 19.3 Å². The van der Waals surface area contributed by atoms with Crippen LogP contribution >= 0.6 is 0 Å². The molecule has 0 saturated carbocycles. The van der Waals surface area contributed by atoms with Gasteiger partial charge in [0.05, 0.1) is 19.2 Å². The Bertz CT molecular complexity index is 1040. The van der Waals surface area contributed by atoms with Crippen molar-refractivity contribution in [2.24, 2.45) is 0 Å². The molecular weight excluding hydrogens is 405 g/mol. The van der Waals surface area contributed by atoms with Gasteiger partial charge in [-0.2, -0.15) is 13.2 Å². The first-order valence-corrected chi connectivity index (χ1v) is 9.66. The average molecular weight is 428 g/mol. The fourth-order valence-electron chi connectivity index (χ4n) is 3.28. The number of benzene rings is 2. The zero-order valence-corrected chi connectivity index (χ0v) is 17.1. The highest BCUT2D eigenvalue weighted by Gasteiger charge is 2.30. The predicted octanol–water partition coefficient (Wildman–Crippen LogP) is 5.39. The van der Waals surface area contributed by atoms with Gasteiger partial charge < -0.3 is 14.2 Å². The summed E-state index contributed by atoms with van der Waals surface area (Å²) in [6, 6.07) is 15.7. The highest BCUT2D eigenvalue weighted by molar-refractivity contribution is 5.94. The Morgan fingerprint density at radius 3 is 2.52 bits per heavy atom. The molecule has 162 valence electrons. The molecule has 0 N–H and O–H groups in total. The second-order valence-electron chi connectivity index (χ2n) is 7.03. The smallest absolute Gasteiger partial charge is 0.416 e. The van der Waals surface area contributed by atoms with Gasteiger partial charge in [-0.1, -0.05) is 18.2 Å². The summed E-state index contributed by atoms with van der Waals surface area (Å²) in [5, 5.41) is 0. The molecule has 0 radical (unpaired) electrons. The molecule has 0 bridgehead atoms. The van der Waals surface area contributed by atoms with E-state index in [1.54, 1.807) is 54.6 Å². The van der Waals surface area contributed by atoms with Crippen molar-refractivity contribution in [3.63, 3.8) is 0 Å². The van der Waals surface area contributed by atoms with Crippen molar-refractivity contribution in [1.29, 1.82) is 0 Å². The molecule has 7 heteroatoms. The molecule has 0 unspecified atom stereocenters. The molecule has 3 rings (SSSR count). The summed E-state index contributed by atoms with van der Waals surface area (Å²) in [7, 11) is 1.55. The standard InChI is InChI=1S/C24H23F3N2O2/c1-3-13-29(23(30)19-9-11-22(31-2)12-10-19)17-21-8-5-14-28(21)16-18-6-4-7-20(15-18)24(25,26)27/h3-12,14-15H,1,13,16-17H2,2H3. The topological polar surface area (TPSA) is 34.5 Å².